The molecule has 138 heavy (non-hydrogen) atoms. The SMILES string of the molecule is CC(C)C[C@@H]1NC(=O)[C@H](Cc2c[nH]c3ccccc23)NC(=O)[C@H](CC(=O)O)NC(=O)[C@H](Cc2ccc(O)cc2)NC(=O)[C@H](Cc2ccccc2)NC(=O)CSC[C@@H](C(=O)CN[C@@H](C)C(N)=O)NC(=O)[C@H](CO)NC(=O)[C@H](C(C)C)NC(=O)[C@H](CC(C)C)NC(=O)[C@H](CC(N)=O)NC(=O)[C@H]2CCCN2C(=O)[C@H](CCCCN)NC(=O)[C@H](C(C)C)NC(=O)[C@H](Cc2ccc(-c3ccccc3)cc2)NC1=O. The van der Waals surface area contributed by atoms with Gasteiger partial charge in [0, 0.05) is 55.1 Å². The highest BCUT2D eigenvalue weighted by molar-refractivity contribution is 8.00. The van der Waals surface area contributed by atoms with Gasteiger partial charge in [-0.3, -0.25) is 91.6 Å². The van der Waals surface area contributed by atoms with Gasteiger partial charge < -0.3 is 112 Å². The van der Waals surface area contributed by atoms with Crippen molar-refractivity contribution in [1.29, 1.82) is 0 Å². The van der Waals surface area contributed by atoms with Crippen molar-refractivity contribution in [2.45, 2.75) is 236 Å². The molecule has 2 aliphatic rings. The number of carboxylic acids is 1. The first-order chi connectivity index (χ1) is 65.6. The number of carbonyl (C=O) groups excluding carboxylic acids is 17. The van der Waals surface area contributed by atoms with E-state index in [1.54, 1.807) is 114 Å². The van der Waals surface area contributed by atoms with Gasteiger partial charge >= 0.3 is 5.97 Å². The number of aliphatic carboxylic acids is 1. The number of aliphatic hydroxyl groups is 1. The number of benzene rings is 5. The maximum absolute atomic E-state index is 15.5. The standard InChI is InChI=1S/C97H131N19O21S/c1-52(2)39-67-85(125)108-71(42-58-29-33-61(34-30-58)60-23-14-11-15-24-60)92(132)115-82(54(5)6)95(135)104-66(27-18-19-37-98)97(137)116-38-20-28-77(116)94(134)111-73(45-79(99)120)89(129)106-68(40-53(3)4)91(131)114-83(55(7)8)96(136)112-75(49-117)93(133)113-76(78(119)48-101-56(9)84(100)124)50-138-51-80(121)103-69(41-57-21-12-10-13-22-57)86(126)107-70(43-59-31-35-63(118)36-32-59)87(127)110-74(46-81(122)123)90(130)109-72(88(128)105-67)44-62-47-102-65-26-17-16-25-64(62)65/h10-17,21-26,29-36,47,52-56,66-77,82-83,101-102,117-118H,18-20,27-28,37-46,48-51,98H2,1-9H3,(H2,99,120)(H2,100,124)(H,103,121)(H,104,135)(H,105,128)(H,106,129)(H,107,126)(H,108,125)(H,109,130)(H,110,127)(H,111,134)(H,112,136)(H,113,133)(H,114,131)(H,115,132)(H,122,123)/t56-,66-,67-,68-,69-,70-,71-,72-,73-,74-,75-,76-,77+,82-,83-/m0/s1. The number of Topliss-reactive ketones (excluding diaryl/α,β-unsaturated/α-hetero) is 1. The minimum Gasteiger partial charge on any atom is -0.508 e. The van der Waals surface area contributed by atoms with E-state index < -0.39 is 259 Å². The molecule has 0 spiro atoms. The summed E-state index contributed by atoms with van der Waals surface area (Å²) in [6.07, 6.45) is -1.13. The lowest BCUT2D eigenvalue weighted by Gasteiger charge is -2.32. The first-order valence-electron chi connectivity index (χ1n) is 46.3. The molecular weight excluding hydrogens is 1800 g/mol. The lowest BCUT2D eigenvalue weighted by molar-refractivity contribution is -0.143. The summed E-state index contributed by atoms with van der Waals surface area (Å²) in [5.74, 6) is -22.0. The maximum atomic E-state index is 15.5. The zero-order chi connectivity index (χ0) is 101. The number of hydrogen-bond acceptors (Lipinski definition) is 23. The molecule has 41 heteroatoms. The van der Waals surface area contributed by atoms with Gasteiger partial charge in [-0.25, -0.2) is 0 Å². The number of hydrogen-bond donors (Lipinski definition) is 21. The summed E-state index contributed by atoms with van der Waals surface area (Å²) in [5.41, 5.74) is 21.1. The Balaban J connectivity index is 1.21. The Morgan fingerprint density at radius 2 is 0.899 bits per heavy atom. The first kappa shape index (κ1) is 110. The predicted octanol–water partition coefficient (Wildman–Crippen LogP) is -0.241. The summed E-state index contributed by atoms with van der Waals surface area (Å²) in [6.45, 7) is 12.9. The Labute approximate surface area is 804 Å². The smallest absolute Gasteiger partial charge is 0.305 e. The second kappa shape index (κ2) is 53.7. The van der Waals surface area contributed by atoms with Gasteiger partial charge in [0.25, 0.3) is 0 Å². The molecule has 16 amide bonds. The second-order valence-corrected chi connectivity index (χ2v) is 37.3. The third-order valence-electron chi connectivity index (χ3n) is 23.5. The summed E-state index contributed by atoms with van der Waals surface area (Å²) in [7, 11) is 0. The van der Waals surface area contributed by atoms with Crippen LogP contribution in [-0.2, 0) is 112 Å². The van der Waals surface area contributed by atoms with Crippen LogP contribution in [0.15, 0.2) is 140 Å². The summed E-state index contributed by atoms with van der Waals surface area (Å²) in [6, 6.07) is 13.2. The largest absolute Gasteiger partial charge is 0.508 e. The number of nitrogens with two attached hydrogens (primary N) is 3. The van der Waals surface area contributed by atoms with Gasteiger partial charge in [0.15, 0.2) is 5.78 Å². The highest BCUT2D eigenvalue weighted by Crippen LogP contribution is 2.26. The highest BCUT2D eigenvalue weighted by atomic mass is 32.2. The molecule has 8 rings (SSSR count). The number of ketones is 1. The molecule has 40 nitrogen and oxygen atoms in total. The van der Waals surface area contributed by atoms with Crippen molar-refractivity contribution in [1.82, 2.24) is 84.3 Å². The number of aliphatic hydroxyl groups excluding tert-OH is 1. The van der Waals surface area contributed by atoms with Crippen LogP contribution in [0.25, 0.3) is 22.0 Å². The topological polar surface area (TPSA) is 633 Å². The first-order valence-corrected chi connectivity index (χ1v) is 47.5. The number of unbranched alkanes of at least 4 members (excludes halogenated alkanes) is 1. The third-order valence-corrected chi connectivity index (χ3v) is 24.5. The number of primary amides is 2. The molecule has 0 unspecified atom stereocenters. The Bertz CT molecular complexity index is 5240. The van der Waals surface area contributed by atoms with Crippen LogP contribution in [0.4, 0.5) is 0 Å². The minimum absolute atomic E-state index is 0.00654. The number of thioether (sulfide) groups is 1. The molecule has 6 aromatic rings. The van der Waals surface area contributed by atoms with Crippen molar-refractivity contribution in [3.8, 4) is 16.9 Å². The molecule has 2 saturated heterocycles. The highest BCUT2D eigenvalue weighted by Gasteiger charge is 2.44. The van der Waals surface area contributed by atoms with Gasteiger partial charge in [0.1, 0.15) is 84.3 Å². The number of aromatic amines is 1. The zero-order valence-electron chi connectivity index (χ0n) is 79.0. The number of aromatic nitrogens is 1. The number of para-hydroxylation sites is 1. The van der Waals surface area contributed by atoms with Gasteiger partial charge in [-0.2, -0.15) is 0 Å². The van der Waals surface area contributed by atoms with Crippen LogP contribution in [0.5, 0.6) is 5.75 Å². The van der Waals surface area contributed by atoms with E-state index in [-0.39, 0.29) is 82.5 Å². The minimum atomic E-state index is -2.06. The van der Waals surface area contributed by atoms with Crippen molar-refractivity contribution >= 4 is 129 Å². The van der Waals surface area contributed by atoms with E-state index in [4.69, 9.17) is 17.2 Å². The van der Waals surface area contributed by atoms with Crippen molar-refractivity contribution in [2.75, 3.05) is 37.7 Å². The van der Waals surface area contributed by atoms with Gasteiger partial charge in [0.05, 0.1) is 43.8 Å². The van der Waals surface area contributed by atoms with Gasteiger partial charge in [-0.1, -0.05) is 171 Å². The fraction of sp³-hybridized carbons (Fsp3) is 0.485. The molecule has 2 fully saturated rings. The average Bonchev–Trinajstić information content (AvgIpc) is 1.67. The second-order valence-electron chi connectivity index (χ2n) is 36.3. The lowest BCUT2D eigenvalue weighted by atomic mass is 9.97. The number of phenolic OH excluding ortho intramolecular Hbond substituents is 1. The van der Waals surface area contributed by atoms with Crippen LogP contribution in [0.1, 0.15) is 142 Å². The number of fused-ring (bicyclic) bond motifs is 2. The molecule has 746 valence electrons. The summed E-state index contributed by atoms with van der Waals surface area (Å²) in [5, 5.41) is 69.2. The van der Waals surface area contributed by atoms with E-state index in [0.29, 0.717) is 39.6 Å². The van der Waals surface area contributed by atoms with Crippen molar-refractivity contribution < 1.29 is 102 Å². The quantitative estimate of drug-likeness (QED) is 0.0269. The number of amides is 16. The number of nitrogens with one attached hydrogen (secondary N) is 15. The van der Waals surface area contributed by atoms with Crippen LogP contribution < -0.4 is 91.6 Å². The molecule has 5 aromatic carbocycles. The fourth-order valence-electron chi connectivity index (χ4n) is 15.9. The Morgan fingerprint density at radius 1 is 0.464 bits per heavy atom. The van der Waals surface area contributed by atoms with Crippen LogP contribution in [0, 0.1) is 23.7 Å². The van der Waals surface area contributed by atoms with E-state index in [2.05, 4.69) is 79.4 Å². The molecule has 3 heterocycles. The van der Waals surface area contributed by atoms with Gasteiger partial charge in [0.2, 0.25) is 94.5 Å². The normalized spacial score (nSPS) is 23.5. The van der Waals surface area contributed by atoms with Crippen molar-refractivity contribution in [2.24, 2.45) is 40.9 Å². The third kappa shape index (κ3) is 33.9. The van der Waals surface area contributed by atoms with E-state index in [0.717, 1.165) is 22.9 Å². The summed E-state index contributed by atoms with van der Waals surface area (Å²) in [4.78, 5) is 266. The summed E-state index contributed by atoms with van der Waals surface area (Å²) >= 11 is 0.747. The van der Waals surface area contributed by atoms with Gasteiger partial charge in [-0.05, 0) is 134 Å². The Kier molecular flexibility index (Phi) is 42.7. The van der Waals surface area contributed by atoms with Crippen LogP contribution in [-0.4, -0.2) is 260 Å². The molecule has 0 radical (unpaired) electrons. The monoisotopic (exact) mass is 1930 g/mol. The number of carbonyl (C=O) groups is 18. The van der Waals surface area contributed by atoms with Crippen LogP contribution in [0.2, 0.25) is 0 Å². The van der Waals surface area contributed by atoms with E-state index >= 15 is 38.4 Å². The molecule has 24 N–H and O–H groups in total. The van der Waals surface area contributed by atoms with E-state index in [1.807, 2.05) is 42.5 Å². The molecule has 15 atom stereocenters. The molecule has 0 aliphatic carbocycles. The van der Waals surface area contributed by atoms with Crippen LogP contribution in [0.3, 0.4) is 0 Å². The molecular formula is C97H131N19O21S. The number of H-pyrrole nitrogens is 1. The molecule has 0 saturated carbocycles. The number of carboxylic acid groups (broad SMARTS) is 1. The number of aromatic hydroxyl groups is 1. The van der Waals surface area contributed by atoms with Crippen LogP contribution >= 0.6 is 11.8 Å². The van der Waals surface area contributed by atoms with Crippen molar-refractivity contribution in [3.63, 3.8) is 0 Å². The number of nitrogens with zero attached hydrogens (tertiary/aromatic N) is 1. The summed E-state index contributed by atoms with van der Waals surface area (Å²) < 4.78 is 0. The number of phenols is 1. The lowest BCUT2D eigenvalue weighted by Crippen LogP contribution is -2.62. The molecule has 2 aliphatic heterocycles. The van der Waals surface area contributed by atoms with E-state index in [9.17, 15) is 63.3 Å². The zero-order valence-corrected chi connectivity index (χ0v) is 79.8. The Hall–Kier alpha value is -13.7. The molecule has 1 aromatic heterocycles. The molecule has 0 bridgehead atoms. The fourth-order valence-corrected chi connectivity index (χ4v) is 16.8. The Morgan fingerprint density at radius 3 is 1.42 bits per heavy atom. The maximum Gasteiger partial charge on any atom is 0.305 e. The van der Waals surface area contributed by atoms with Crippen molar-refractivity contribution in [3.05, 3.63) is 162 Å². The average molecular weight is 1930 g/mol. The number of rotatable bonds is 29. The van der Waals surface area contributed by atoms with Gasteiger partial charge in [-0.15, -0.1) is 11.8 Å². The predicted molar refractivity (Wildman–Crippen MR) is 513 cm³/mol. The van der Waals surface area contributed by atoms with E-state index in [1.165, 1.54) is 49.9 Å².